The van der Waals surface area contributed by atoms with Crippen LogP contribution in [0, 0.1) is 0 Å². The number of aromatic nitrogens is 1. The number of pyridine rings is 1. The fourth-order valence-corrected chi connectivity index (χ4v) is 2.60. The maximum absolute atomic E-state index is 9.21. The Kier molecular flexibility index (Phi) is 5.31. The second kappa shape index (κ2) is 6.99. The van der Waals surface area contributed by atoms with Crippen molar-refractivity contribution in [3.8, 4) is 5.75 Å². The largest absolute Gasteiger partial charge is 0.496 e. The molecule has 104 valence electrons. The molecule has 0 bridgehead atoms. The lowest BCUT2D eigenvalue weighted by atomic mass is 9.79. The standard InChI is InChI=1S/C13H13BClNO3S/c1-19-12-4-2-10(14(17)18)6-9(12)8-20-13-5-3-11(15)7-16-13/h2-7,17-18H,8H2,1H3. The van der Waals surface area contributed by atoms with E-state index in [0.29, 0.717) is 22.0 Å². The highest BCUT2D eigenvalue weighted by molar-refractivity contribution is 7.98. The molecule has 2 rings (SSSR count). The number of halogens is 1. The van der Waals surface area contributed by atoms with Crippen molar-refractivity contribution in [3.63, 3.8) is 0 Å². The number of hydrogen-bond acceptors (Lipinski definition) is 5. The summed E-state index contributed by atoms with van der Waals surface area (Å²) in [5.74, 6) is 1.31. The first kappa shape index (κ1) is 15.2. The van der Waals surface area contributed by atoms with Crippen LogP contribution in [0.4, 0.5) is 0 Å². The normalized spacial score (nSPS) is 10.4. The van der Waals surface area contributed by atoms with Crippen LogP contribution in [0.5, 0.6) is 5.75 Å². The summed E-state index contributed by atoms with van der Waals surface area (Å²) >= 11 is 7.30. The quantitative estimate of drug-likeness (QED) is 0.650. The zero-order valence-electron chi connectivity index (χ0n) is 10.8. The van der Waals surface area contributed by atoms with Gasteiger partial charge < -0.3 is 14.8 Å². The number of hydrogen-bond donors (Lipinski definition) is 2. The van der Waals surface area contributed by atoms with E-state index in [1.165, 1.54) is 11.8 Å². The van der Waals surface area contributed by atoms with Crippen molar-refractivity contribution in [2.24, 2.45) is 0 Å². The third-order valence-corrected chi connectivity index (χ3v) is 3.89. The Labute approximate surface area is 126 Å². The highest BCUT2D eigenvalue weighted by Crippen LogP contribution is 2.26. The van der Waals surface area contributed by atoms with Crippen molar-refractivity contribution in [2.75, 3.05) is 7.11 Å². The molecule has 1 heterocycles. The van der Waals surface area contributed by atoms with Gasteiger partial charge in [0.25, 0.3) is 0 Å². The van der Waals surface area contributed by atoms with Gasteiger partial charge in [-0.1, -0.05) is 23.7 Å². The average Bonchev–Trinajstić information content (AvgIpc) is 2.46. The molecule has 4 nitrogen and oxygen atoms in total. The summed E-state index contributed by atoms with van der Waals surface area (Å²) in [5, 5.41) is 19.9. The van der Waals surface area contributed by atoms with Crippen LogP contribution in [-0.2, 0) is 5.75 Å². The second-order valence-corrected chi connectivity index (χ2v) is 5.48. The first-order valence-electron chi connectivity index (χ1n) is 5.87. The molecule has 0 fully saturated rings. The van der Waals surface area contributed by atoms with E-state index in [9.17, 15) is 10.0 Å². The average molecular weight is 310 g/mol. The van der Waals surface area contributed by atoms with E-state index in [-0.39, 0.29) is 0 Å². The lowest BCUT2D eigenvalue weighted by Gasteiger charge is -2.10. The fraction of sp³-hybridized carbons (Fsp3) is 0.154. The van der Waals surface area contributed by atoms with Crippen molar-refractivity contribution in [2.45, 2.75) is 10.8 Å². The van der Waals surface area contributed by atoms with Crippen molar-refractivity contribution >= 4 is 35.9 Å². The lowest BCUT2D eigenvalue weighted by molar-refractivity contribution is 0.410. The molecule has 0 unspecified atom stereocenters. The zero-order chi connectivity index (χ0) is 14.5. The molecular formula is C13H13BClNO3S. The first-order chi connectivity index (χ1) is 9.60. The molecule has 0 aliphatic rings. The number of ether oxygens (including phenoxy) is 1. The minimum atomic E-state index is -1.49. The van der Waals surface area contributed by atoms with Gasteiger partial charge in [-0.25, -0.2) is 4.98 Å². The maximum Gasteiger partial charge on any atom is 0.488 e. The van der Waals surface area contributed by atoms with Crippen LogP contribution in [0.1, 0.15) is 5.56 Å². The number of nitrogens with zero attached hydrogens (tertiary/aromatic N) is 1. The van der Waals surface area contributed by atoms with Crippen LogP contribution in [0.15, 0.2) is 41.6 Å². The predicted molar refractivity (Wildman–Crippen MR) is 81.6 cm³/mol. The van der Waals surface area contributed by atoms with Gasteiger partial charge in [-0.2, -0.15) is 0 Å². The molecule has 7 heteroatoms. The second-order valence-electron chi connectivity index (χ2n) is 4.05. The maximum atomic E-state index is 9.21. The molecule has 0 saturated heterocycles. The number of thioether (sulfide) groups is 1. The molecule has 1 aromatic heterocycles. The molecule has 1 aromatic carbocycles. The Bertz CT molecular complexity index is 580. The Hall–Kier alpha value is -1.21. The van der Waals surface area contributed by atoms with Gasteiger partial charge in [-0.05, 0) is 23.7 Å². The third-order valence-electron chi connectivity index (χ3n) is 2.68. The number of benzene rings is 1. The van der Waals surface area contributed by atoms with E-state index < -0.39 is 7.12 Å². The van der Waals surface area contributed by atoms with E-state index in [4.69, 9.17) is 16.3 Å². The van der Waals surface area contributed by atoms with Gasteiger partial charge in [0.2, 0.25) is 0 Å². The van der Waals surface area contributed by atoms with Crippen molar-refractivity contribution < 1.29 is 14.8 Å². The molecule has 0 aliphatic heterocycles. The molecule has 2 N–H and O–H groups in total. The molecule has 0 radical (unpaired) electrons. The van der Waals surface area contributed by atoms with Gasteiger partial charge in [-0.15, -0.1) is 11.8 Å². The summed E-state index contributed by atoms with van der Waals surface area (Å²) in [6, 6.07) is 8.68. The molecule has 0 atom stereocenters. The Morgan fingerprint density at radius 2 is 2.10 bits per heavy atom. The highest BCUT2D eigenvalue weighted by atomic mass is 35.5. The van der Waals surface area contributed by atoms with Gasteiger partial charge in [0.05, 0.1) is 17.2 Å². The highest BCUT2D eigenvalue weighted by Gasteiger charge is 2.14. The lowest BCUT2D eigenvalue weighted by Crippen LogP contribution is -2.30. The van der Waals surface area contributed by atoms with Gasteiger partial charge in [-0.3, -0.25) is 0 Å². The number of methoxy groups -OCH3 is 1. The van der Waals surface area contributed by atoms with E-state index in [0.717, 1.165) is 10.6 Å². The Morgan fingerprint density at radius 3 is 2.70 bits per heavy atom. The molecule has 2 aromatic rings. The molecule has 0 spiro atoms. The molecule has 0 saturated carbocycles. The summed E-state index contributed by atoms with van der Waals surface area (Å²) in [6.07, 6.45) is 1.59. The third kappa shape index (κ3) is 3.90. The number of rotatable bonds is 5. The van der Waals surface area contributed by atoms with Crippen molar-refractivity contribution in [3.05, 3.63) is 47.1 Å². The van der Waals surface area contributed by atoms with Crippen LogP contribution in [0.25, 0.3) is 0 Å². The summed E-state index contributed by atoms with van der Waals surface area (Å²) in [6.45, 7) is 0. The SMILES string of the molecule is COc1ccc(B(O)O)cc1CSc1ccc(Cl)cn1. The van der Waals surface area contributed by atoms with E-state index in [1.807, 2.05) is 6.07 Å². The van der Waals surface area contributed by atoms with E-state index >= 15 is 0 Å². The van der Waals surface area contributed by atoms with Gasteiger partial charge in [0.15, 0.2) is 0 Å². The van der Waals surface area contributed by atoms with Crippen molar-refractivity contribution in [1.82, 2.24) is 4.98 Å². The smallest absolute Gasteiger partial charge is 0.488 e. The van der Waals surface area contributed by atoms with E-state index in [1.54, 1.807) is 37.6 Å². The summed E-state index contributed by atoms with van der Waals surface area (Å²) in [4.78, 5) is 4.20. The molecule has 0 amide bonds. The minimum Gasteiger partial charge on any atom is -0.496 e. The topological polar surface area (TPSA) is 62.6 Å². The van der Waals surface area contributed by atoms with Gasteiger partial charge >= 0.3 is 7.12 Å². The van der Waals surface area contributed by atoms with Crippen LogP contribution in [-0.4, -0.2) is 29.3 Å². The monoisotopic (exact) mass is 309 g/mol. The molecule has 20 heavy (non-hydrogen) atoms. The zero-order valence-corrected chi connectivity index (χ0v) is 12.4. The van der Waals surface area contributed by atoms with Crippen LogP contribution < -0.4 is 10.2 Å². The van der Waals surface area contributed by atoms with Crippen LogP contribution in [0.3, 0.4) is 0 Å². The van der Waals surface area contributed by atoms with Gasteiger partial charge in [0.1, 0.15) is 5.75 Å². The van der Waals surface area contributed by atoms with Crippen molar-refractivity contribution in [1.29, 1.82) is 0 Å². The fourth-order valence-electron chi connectivity index (χ4n) is 1.67. The predicted octanol–water partition coefficient (Wildman–Crippen LogP) is 1.72. The summed E-state index contributed by atoms with van der Waals surface area (Å²) in [7, 11) is 0.0948. The molecular weight excluding hydrogens is 296 g/mol. The Balaban J connectivity index is 2.14. The van der Waals surface area contributed by atoms with Gasteiger partial charge in [0, 0.05) is 17.5 Å². The minimum absolute atomic E-state index is 0.436. The molecule has 0 aliphatic carbocycles. The van der Waals surface area contributed by atoms with Crippen LogP contribution in [0.2, 0.25) is 5.02 Å². The summed E-state index contributed by atoms with van der Waals surface area (Å²) in [5.41, 5.74) is 1.31. The summed E-state index contributed by atoms with van der Waals surface area (Å²) < 4.78 is 5.27. The van der Waals surface area contributed by atoms with E-state index in [2.05, 4.69) is 4.98 Å². The Morgan fingerprint density at radius 1 is 1.30 bits per heavy atom. The van der Waals surface area contributed by atoms with Crippen LogP contribution >= 0.6 is 23.4 Å². The first-order valence-corrected chi connectivity index (χ1v) is 7.24.